The van der Waals surface area contributed by atoms with Crippen molar-refractivity contribution in [2.24, 2.45) is 5.92 Å². The smallest absolute Gasteiger partial charge is 0.225 e. The summed E-state index contributed by atoms with van der Waals surface area (Å²) in [6.45, 7) is 4.29. The van der Waals surface area contributed by atoms with Gasteiger partial charge in [0.1, 0.15) is 10.6 Å². The monoisotopic (exact) mass is 338 g/mol. The van der Waals surface area contributed by atoms with E-state index in [0.717, 1.165) is 48.9 Å². The highest BCUT2D eigenvalue weighted by atomic mass is 35.5. The van der Waals surface area contributed by atoms with Gasteiger partial charge in [-0.05, 0) is 69.4 Å². The number of fused-ring (bicyclic) bond motifs is 3. The molecule has 0 bridgehead atoms. The molecule has 3 rings (SSSR count). The average Bonchev–Trinajstić information content (AvgIpc) is 2.79. The Hall–Kier alpha value is -0.910. The summed E-state index contributed by atoms with van der Waals surface area (Å²) in [5, 5.41) is 5.03. The van der Waals surface area contributed by atoms with E-state index in [-0.39, 0.29) is 0 Å². The van der Waals surface area contributed by atoms with Gasteiger partial charge in [-0.15, -0.1) is 11.3 Å². The Morgan fingerprint density at radius 3 is 2.95 bits per heavy atom. The molecule has 120 valence electrons. The van der Waals surface area contributed by atoms with Crippen LogP contribution in [0.5, 0.6) is 0 Å². The fraction of sp³-hybridized carbons (Fsp3) is 0.625. The van der Waals surface area contributed by atoms with Crippen molar-refractivity contribution in [2.45, 2.75) is 32.6 Å². The molecule has 0 saturated heterocycles. The number of nitrogens with one attached hydrogen (secondary N) is 1. The van der Waals surface area contributed by atoms with E-state index >= 15 is 0 Å². The summed E-state index contributed by atoms with van der Waals surface area (Å²) in [7, 11) is 4.19. The highest BCUT2D eigenvalue weighted by Crippen LogP contribution is 2.40. The molecule has 22 heavy (non-hydrogen) atoms. The van der Waals surface area contributed by atoms with Crippen LogP contribution in [-0.2, 0) is 12.8 Å². The molecule has 0 spiro atoms. The summed E-state index contributed by atoms with van der Waals surface area (Å²) in [5.41, 5.74) is 1.45. The highest BCUT2D eigenvalue weighted by Gasteiger charge is 2.23. The van der Waals surface area contributed by atoms with Gasteiger partial charge in [-0.1, -0.05) is 6.92 Å². The summed E-state index contributed by atoms with van der Waals surface area (Å²) < 4.78 is 0. The van der Waals surface area contributed by atoms with E-state index in [0.29, 0.717) is 5.28 Å². The average molecular weight is 339 g/mol. The van der Waals surface area contributed by atoms with Crippen LogP contribution >= 0.6 is 22.9 Å². The summed E-state index contributed by atoms with van der Waals surface area (Å²) in [5.74, 6) is 1.68. The maximum atomic E-state index is 6.12. The summed E-state index contributed by atoms with van der Waals surface area (Å²) >= 11 is 7.91. The molecular weight excluding hydrogens is 316 g/mol. The molecule has 2 aromatic rings. The van der Waals surface area contributed by atoms with Crippen molar-refractivity contribution in [2.75, 3.05) is 32.5 Å². The maximum Gasteiger partial charge on any atom is 0.225 e. The number of thiophene rings is 1. The number of halogens is 1. The van der Waals surface area contributed by atoms with Crippen molar-refractivity contribution < 1.29 is 0 Å². The lowest BCUT2D eigenvalue weighted by atomic mass is 9.89. The summed E-state index contributed by atoms with van der Waals surface area (Å²) in [6, 6.07) is 0. The standard InChI is InChI=1S/C16H23ClN4S/c1-10-5-6-11-12(9-10)22-15-13(11)14(19-16(17)20-15)18-7-4-8-21(2)3/h10H,4-9H2,1-3H3,(H,18,19,20). The number of aryl methyl sites for hydroxylation is 1. The Morgan fingerprint density at radius 1 is 1.36 bits per heavy atom. The quantitative estimate of drug-likeness (QED) is 0.664. The molecule has 1 aliphatic rings. The lowest BCUT2D eigenvalue weighted by Gasteiger charge is -2.18. The predicted octanol–water partition coefficient (Wildman–Crippen LogP) is 3.83. The molecule has 1 atom stereocenters. The number of hydrogen-bond donors (Lipinski definition) is 1. The second-order valence-corrected chi connectivity index (χ2v) is 7.88. The molecule has 0 radical (unpaired) electrons. The molecule has 0 saturated carbocycles. The van der Waals surface area contributed by atoms with E-state index in [2.05, 4.69) is 41.2 Å². The second-order valence-electron chi connectivity index (χ2n) is 6.46. The van der Waals surface area contributed by atoms with Crippen molar-refractivity contribution in [3.63, 3.8) is 0 Å². The van der Waals surface area contributed by atoms with E-state index in [1.165, 1.54) is 22.2 Å². The van der Waals surface area contributed by atoms with Crippen LogP contribution in [0.2, 0.25) is 5.28 Å². The van der Waals surface area contributed by atoms with Crippen LogP contribution in [0.15, 0.2) is 0 Å². The van der Waals surface area contributed by atoms with Crippen molar-refractivity contribution in [1.82, 2.24) is 14.9 Å². The minimum atomic E-state index is 0.342. The van der Waals surface area contributed by atoms with Crippen molar-refractivity contribution in [3.05, 3.63) is 15.7 Å². The highest BCUT2D eigenvalue weighted by molar-refractivity contribution is 7.19. The summed E-state index contributed by atoms with van der Waals surface area (Å²) in [4.78, 5) is 13.6. The topological polar surface area (TPSA) is 41.1 Å². The second kappa shape index (κ2) is 6.69. The Kier molecular flexibility index (Phi) is 4.85. The Balaban J connectivity index is 1.88. The zero-order chi connectivity index (χ0) is 15.7. The van der Waals surface area contributed by atoms with Crippen LogP contribution < -0.4 is 5.32 Å². The first-order valence-corrected chi connectivity index (χ1v) is 9.10. The van der Waals surface area contributed by atoms with Crippen LogP contribution in [0, 0.1) is 5.92 Å². The number of rotatable bonds is 5. The van der Waals surface area contributed by atoms with Gasteiger partial charge in [-0.25, -0.2) is 9.97 Å². The van der Waals surface area contributed by atoms with Crippen LogP contribution in [0.3, 0.4) is 0 Å². The van der Waals surface area contributed by atoms with E-state index < -0.39 is 0 Å². The first-order valence-electron chi connectivity index (χ1n) is 7.91. The fourth-order valence-electron chi connectivity index (χ4n) is 3.05. The Morgan fingerprint density at radius 2 is 2.18 bits per heavy atom. The van der Waals surface area contributed by atoms with E-state index in [1.54, 1.807) is 11.3 Å². The number of hydrogen-bond acceptors (Lipinski definition) is 5. The minimum absolute atomic E-state index is 0.342. The maximum absolute atomic E-state index is 6.12. The van der Waals surface area contributed by atoms with E-state index in [4.69, 9.17) is 11.6 Å². The van der Waals surface area contributed by atoms with Gasteiger partial charge < -0.3 is 10.2 Å². The van der Waals surface area contributed by atoms with Crippen LogP contribution in [0.4, 0.5) is 5.82 Å². The molecule has 0 aliphatic heterocycles. The van der Waals surface area contributed by atoms with Crippen LogP contribution in [0.25, 0.3) is 10.2 Å². The van der Waals surface area contributed by atoms with Crippen molar-refractivity contribution in [1.29, 1.82) is 0 Å². The first-order chi connectivity index (χ1) is 10.5. The minimum Gasteiger partial charge on any atom is -0.369 e. The Bertz CT molecular complexity index is 668. The molecule has 1 aliphatic carbocycles. The van der Waals surface area contributed by atoms with Gasteiger partial charge in [0.2, 0.25) is 5.28 Å². The molecule has 4 nitrogen and oxygen atoms in total. The third-order valence-corrected chi connectivity index (χ3v) is 5.52. The molecule has 1 N–H and O–H groups in total. The molecule has 6 heteroatoms. The van der Waals surface area contributed by atoms with Gasteiger partial charge in [-0.3, -0.25) is 0 Å². The molecule has 0 aromatic carbocycles. The molecule has 0 fully saturated rings. The van der Waals surface area contributed by atoms with E-state index in [1.807, 2.05) is 0 Å². The molecule has 2 aromatic heterocycles. The predicted molar refractivity (Wildman–Crippen MR) is 95.3 cm³/mol. The van der Waals surface area contributed by atoms with Gasteiger partial charge >= 0.3 is 0 Å². The zero-order valence-electron chi connectivity index (χ0n) is 13.4. The van der Waals surface area contributed by atoms with Crippen LogP contribution in [0.1, 0.15) is 30.2 Å². The third kappa shape index (κ3) is 3.36. The fourth-order valence-corrected chi connectivity index (χ4v) is 4.65. The largest absolute Gasteiger partial charge is 0.369 e. The molecule has 1 unspecified atom stereocenters. The number of anilines is 1. The van der Waals surface area contributed by atoms with E-state index in [9.17, 15) is 0 Å². The lowest BCUT2D eigenvalue weighted by molar-refractivity contribution is 0.405. The third-order valence-electron chi connectivity index (χ3n) is 4.20. The first kappa shape index (κ1) is 16.0. The Labute approximate surface area is 140 Å². The SMILES string of the molecule is CC1CCc2c(sc3nc(Cl)nc(NCCCN(C)C)c23)C1. The van der Waals surface area contributed by atoms with Gasteiger partial charge in [0.05, 0.1) is 5.39 Å². The molecule has 0 amide bonds. The van der Waals surface area contributed by atoms with Gasteiger partial charge in [-0.2, -0.15) is 0 Å². The molecular formula is C16H23ClN4S. The normalized spacial score (nSPS) is 18.0. The summed E-state index contributed by atoms with van der Waals surface area (Å²) in [6.07, 6.45) is 4.63. The van der Waals surface area contributed by atoms with Crippen molar-refractivity contribution >= 4 is 39.0 Å². The lowest BCUT2D eigenvalue weighted by Crippen LogP contribution is -2.17. The van der Waals surface area contributed by atoms with Crippen molar-refractivity contribution in [3.8, 4) is 0 Å². The number of aromatic nitrogens is 2. The van der Waals surface area contributed by atoms with Gasteiger partial charge in [0.15, 0.2) is 0 Å². The van der Waals surface area contributed by atoms with Gasteiger partial charge in [0.25, 0.3) is 0 Å². The number of nitrogens with zero attached hydrogens (tertiary/aromatic N) is 3. The molecule has 2 heterocycles. The zero-order valence-corrected chi connectivity index (χ0v) is 15.0. The van der Waals surface area contributed by atoms with Gasteiger partial charge in [0, 0.05) is 11.4 Å². The van der Waals surface area contributed by atoms with Crippen LogP contribution in [-0.4, -0.2) is 42.1 Å².